The molecule has 0 aromatic carbocycles. The zero-order valence-electron chi connectivity index (χ0n) is 4.47. The first-order valence-corrected chi connectivity index (χ1v) is 2.02. The summed E-state index contributed by atoms with van der Waals surface area (Å²) in [5, 5.41) is 0. The van der Waals surface area contributed by atoms with Gasteiger partial charge in [0.2, 0.25) is 0 Å². The van der Waals surface area contributed by atoms with Gasteiger partial charge in [0.1, 0.15) is 6.04 Å². The van der Waals surface area contributed by atoms with E-state index in [-0.39, 0.29) is 57.4 Å². The summed E-state index contributed by atoms with van der Waals surface area (Å²) in [6.07, 6.45) is 0. The first-order valence-electron chi connectivity index (χ1n) is 2.02. The molecule has 0 aliphatic carbocycles. The number of hydrogen-bond donors (Lipinski definition) is 1. The first-order chi connectivity index (χ1) is 3.18. The number of esters is 1. The van der Waals surface area contributed by atoms with Gasteiger partial charge in [-0.25, -0.2) is 0 Å². The number of methoxy groups -OCH3 is 1. The Morgan fingerprint density at radius 1 is 1.75 bits per heavy atom. The molecule has 0 spiro atoms. The molecule has 0 fully saturated rings. The minimum absolute atomic E-state index is 0. The van der Waals surface area contributed by atoms with Crippen molar-refractivity contribution in [1.82, 2.24) is 0 Å². The van der Waals surface area contributed by atoms with Gasteiger partial charge in [0.15, 0.2) is 0 Å². The van der Waals surface area contributed by atoms with E-state index in [9.17, 15) is 4.79 Å². The van der Waals surface area contributed by atoms with Gasteiger partial charge < -0.3 is 10.5 Å². The molecule has 0 saturated carbocycles. The standard InChI is InChI=1S/C4H9NO2.K.H/c1-3(5)4(6)7-2;;/h3H,5H2,1-2H3;;. The van der Waals surface area contributed by atoms with Crippen LogP contribution in [0.1, 0.15) is 6.92 Å². The molecule has 3 nitrogen and oxygen atoms in total. The SMILES string of the molecule is COC(=O)C(C)N.[KH]. The second kappa shape index (κ2) is 6.19. The van der Waals surface area contributed by atoms with Crippen molar-refractivity contribution < 1.29 is 9.53 Å². The zero-order valence-corrected chi connectivity index (χ0v) is 4.47. The van der Waals surface area contributed by atoms with Crippen LogP contribution >= 0.6 is 0 Å². The van der Waals surface area contributed by atoms with Gasteiger partial charge in [-0.15, -0.1) is 0 Å². The monoisotopic (exact) mass is 143 g/mol. The van der Waals surface area contributed by atoms with Gasteiger partial charge in [-0.3, -0.25) is 4.79 Å². The molecule has 0 rings (SSSR count). The molecular formula is C4H10KNO2. The zero-order chi connectivity index (χ0) is 5.86. The van der Waals surface area contributed by atoms with E-state index in [1.165, 1.54) is 7.11 Å². The Hall–Kier alpha value is 1.07. The summed E-state index contributed by atoms with van der Waals surface area (Å²) in [6, 6.07) is -0.495. The average Bonchev–Trinajstić information content (AvgIpc) is 1.65. The van der Waals surface area contributed by atoms with Crippen LogP contribution < -0.4 is 5.73 Å². The van der Waals surface area contributed by atoms with Crippen LogP contribution in [0.15, 0.2) is 0 Å². The fraction of sp³-hybridized carbons (Fsp3) is 0.750. The van der Waals surface area contributed by atoms with E-state index in [1.807, 2.05) is 0 Å². The maximum absolute atomic E-state index is 10.2. The third kappa shape index (κ3) is 5.21. The predicted molar refractivity (Wildman–Crippen MR) is 32.8 cm³/mol. The van der Waals surface area contributed by atoms with Crippen molar-refractivity contribution >= 4 is 57.4 Å². The molecular weight excluding hydrogens is 133 g/mol. The second-order valence-electron chi connectivity index (χ2n) is 1.31. The summed E-state index contributed by atoms with van der Waals surface area (Å²) < 4.78 is 4.25. The molecule has 0 aromatic heterocycles. The van der Waals surface area contributed by atoms with Crippen LogP contribution in [0.25, 0.3) is 0 Å². The van der Waals surface area contributed by atoms with Crippen molar-refractivity contribution in [3.8, 4) is 0 Å². The molecule has 0 amide bonds. The van der Waals surface area contributed by atoms with E-state index >= 15 is 0 Å². The van der Waals surface area contributed by atoms with E-state index in [2.05, 4.69) is 4.74 Å². The van der Waals surface area contributed by atoms with Crippen molar-refractivity contribution in [1.29, 1.82) is 0 Å². The first kappa shape index (κ1) is 11.8. The van der Waals surface area contributed by atoms with Crippen molar-refractivity contribution in [2.24, 2.45) is 5.73 Å². The summed E-state index contributed by atoms with van der Waals surface area (Å²) in [4.78, 5) is 10.2. The fourth-order valence-corrected chi connectivity index (χ4v) is 0.186. The number of carbonyl (C=O) groups excluding carboxylic acids is 1. The van der Waals surface area contributed by atoms with Crippen LogP contribution in [-0.2, 0) is 9.53 Å². The Kier molecular flexibility index (Phi) is 9.14. The van der Waals surface area contributed by atoms with Gasteiger partial charge >= 0.3 is 57.4 Å². The van der Waals surface area contributed by atoms with Crippen LogP contribution in [0.5, 0.6) is 0 Å². The Labute approximate surface area is 91.4 Å². The minimum atomic E-state index is -0.495. The molecule has 8 heavy (non-hydrogen) atoms. The molecule has 2 N–H and O–H groups in total. The quantitative estimate of drug-likeness (QED) is 0.373. The normalized spacial score (nSPS) is 11.4. The molecule has 0 radical (unpaired) electrons. The van der Waals surface area contributed by atoms with Crippen molar-refractivity contribution in [3.63, 3.8) is 0 Å². The van der Waals surface area contributed by atoms with Crippen molar-refractivity contribution in [3.05, 3.63) is 0 Å². The van der Waals surface area contributed by atoms with Crippen LogP contribution in [0.2, 0.25) is 0 Å². The van der Waals surface area contributed by atoms with Gasteiger partial charge in [0, 0.05) is 0 Å². The molecule has 44 valence electrons. The van der Waals surface area contributed by atoms with E-state index in [0.717, 1.165) is 0 Å². The van der Waals surface area contributed by atoms with Crippen molar-refractivity contribution in [2.75, 3.05) is 7.11 Å². The summed E-state index contributed by atoms with van der Waals surface area (Å²) in [6.45, 7) is 1.58. The average molecular weight is 143 g/mol. The molecule has 0 bridgehead atoms. The van der Waals surface area contributed by atoms with Crippen LogP contribution in [0.3, 0.4) is 0 Å². The third-order valence-corrected chi connectivity index (χ3v) is 0.573. The van der Waals surface area contributed by atoms with E-state index in [4.69, 9.17) is 5.73 Å². The maximum atomic E-state index is 10.2. The van der Waals surface area contributed by atoms with Crippen LogP contribution in [-0.4, -0.2) is 70.5 Å². The molecule has 0 aliphatic rings. The summed E-state index contributed by atoms with van der Waals surface area (Å²) in [5.74, 6) is -0.375. The van der Waals surface area contributed by atoms with Gasteiger partial charge in [-0.1, -0.05) is 0 Å². The van der Waals surface area contributed by atoms with Gasteiger partial charge in [0.25, 0.3) is 0 Å². The molecule has 0 saturated heterocycles. The van der Waals surface area contributed by atoms with Gasteiger partial charge in [-0.2, -0.15) is 0 Å². The van der Waals surface area contributed by atoms with E-state index < -0.39 is 6.04 Å². The molecule has 0 aromatic rings. The van der Waals surface area contributed by atoms with Gasteiger partial charge in [0.05, 0.1) is 7.11 Å². The summed E-state index contributed by atoms with van der Waals surface area (Å²) in [5.41, 5.74) is 5.07. The van der Waals surface area contributed by atoms with Crippen molar-refractivity contribution in [2.45, 2.75) is 13.0 Å². The summed E-state index contributed by atoms with van der Waals surface area (Å²) in [7, 11) is 1.31. The molecule has 1 unspecified atom stereocenters. The molecule has 0 aliphatic heterocycles. The van der Waals surface area contributed by atoms with Crippen LogP contribution in [0, 0.1) is 0 Å². The Balaban J connectivity index is 0. The Morgan fingerprint density at radius 3 is 2.12 bits per heavy atom. The number of hydrogen-bond acceptors (Lipinski definition) is 3. The molecule has 0 heterocycles. The summed E-state index contributed by atoms with van der Waals surface area (Å²) >= 11 is 0. The predicted octanol–water partition coefficient (Wildman–Crippen LogP) is -1.14. The Bertz CT molecular complexity index is 74.4. The second-order valence-corrected chi connectivity index (χ2v) is 1.31. The van der Waals surface area contributed by atoms with E-state index in [1.54, 1.807) is 6.92 Å². The topological polar surface area (TPSA) is 52.3 Å². The fourth-order valence-electron chi connectivity index (χ4n) is 0.186. The number of nitrogens with two attached hydrogens (primary N) is 1. The number of rotatable bonds is 1. The Morgan fingerprint density at radius 2 is 2.12 bits per heavy atom. The van der Waals surface area contributed by atoms with Gasteiger partial charge in [-0.05, 0) is 6.92 Å². The number of carbonyl (C=O) groups is 1. The van der Waals surface area contributed by atoms with E-state index in [0.29, 0.717) is 0 Å². The molecule has 4 heteroatoms. The molecule has 1 atom stereocenters. The number of ether oxygens (including phenoxy) is 1. The van der Waals surface area contributed by atoms with Crippen LogP contribution in [0.4, 0.5) is 0 Å². The third-order valence-electron chi connectivity index (χ3n) is 0.573.